The Morgan fingerprint density at radius 3 is 1.15 bits per heavy atom. The molecule has 1 saturated heterocycles. The van der Waals surface area contributed by atoms with E-state index < -0.39 is 7.25 Å². The summed E-state index contributed by atoms with van der Waals surface area (Å²) in [6.07, 6.45) is 1.27. The number of rotatable bonds is 4. The first kappa shape index (κ1) is 40.8. The molecule has 0 atom stereocenters. The Hall–Kier alpha value is 0.244. The van der Waals surface area contributed by atoms with Crippen LogP contribution in [0.25, 0.3) is 0 Å². The minimum absolute atomic E-state index is 0. The minimum Gasteiger partial charge on any atom is -0.791 e. The van der Waals surface area contributed by atoms with Crippen LogP contribution in [-0.2, 0) is 59.4 Å². The fraction of sp³-hybridized carbons (Fsp3) is 1.00. The second-order valence-electron chi connectivity index (χ2n) is 3.94. The van der Waals surface area contributed by atoms with Crippen molar-refractivity contribution in [3.63, 3.8) is 0 Å². The molecule has 1 rings (SSSR count). The Bertz CT molecular complexity index is 251. The molecule has 8 nitrogen and oxygen atoms in total. The Kier molecular flexibility index (Phi) is 51.6. The van der Waals surface area contributed by atoms with Gasteiger partial charge in [-0.1, -0.05) is 0 Å². The topological polar surface area (TPSA) is 125 Å². The van der Waals surface area contributed by atoms with Crippen molar-refractivity contribution in [2.75, 3.05) is 50.8 Å². The largest absolute Gasteiger partial charge is 3.00 e. The molecule has 1 aliphatic heterocycles. The number of nitroso groups, excluding NO2 is 3. The van der Waals surface area contributed by atoms with Crippen molar-refractivity contribution in [2.24, 2.45) is 0 Å². The Balaban J connectivity index is -0.0000000658. The molecule has 0 unspecified atom stereocenters. The molecular weight excluding hydrogens is 489 g/mol. The van der Waals surface area contributed by atoms with Gasteiger partial charge in [-0.15, -0.1) is 14.7 Å². The van der Waals surface area contributed by atoms with Gasteiger partial charge in [0.05, 0.1) is 0 Å². The van der Waals surface area contributed by atoms with Crippen molar-refractivity contribution >= 4 is 32.5 Å². The summed E-state index contributed by atoms with van der Waals surface area (Å²) < 4.78 is 39.0. The SMILES string of the molecule is F[B-](F)(F)F.[Fe+2].[Fe+3].[N]=O.[N]=O.[N]=O.[S-]CCN1CCCN(CC[S-])CC1. The fourth-order valence-corrected chi connectivity index (χ4v) is 2.25. The van der Waals surface area contributed by atoms with Gasteiger partial charge in [-0.05, 0) is 32.6 Å². The molecule has 0 amide bonds. The van der Waals surface area contributed by atoms with Gasteiger partial charge in [-0.25, -0.2) is 0 Å². The van der Waals surface area contributed by atoms with E-state index in [0.717, 1.165) is 24.6 Å². The summed E-state index contributed by atoms with van der Waals surface area (Å²) in [5, 5.41) is 0. The van der Waals surface area contributed by atoms with Crippen LogP contribution >= 0.6 is 0 Å². The van der Waals surface area contributed by atoms with Crippen LogP contribution in [0, 0.1) is 14.7 Å². The number of hydrogen-bond donors (Lipinski definition) is 0. The minimum atomic E-state index is -6.00. The normalized spacial score (nSPS) is 13.6. The van der Waals surface area contributed by atoms with Crippen molar-refractivity contribution in [3.8, 4) is 0 Å². The van der Waals surface area contributed by atoms with Gasteiger partial charge in [0, 0.05) is 13.1 Å². The molecule has 154 valence electrons. The van der Waals surface area contributed by atoms with E-state index in [-0.39, 0.29) is 34.1 Å². The molecule has 17 heteroatoms. The van der Waals surface area contributed by atoms with Gasteiger partial charge >= 0.3 is 41.4 Å². The van der Waals surface area contributed by atoms with Gasteiger partial charge in [0.2, 0.25) is 0 Å². The number of halogens is 4. The zero-order valence-electron chi connectivity index (χ0n) is 13.4. The first-order valence-corrected chi connectivity index (χ1v) is 7.55. The van der Waals surface area contributed by atoms with Gasteiger partial charge in [0.1, 0.15) is 16.8 Å². The first-order chi connectivity index (χ1) is 11.4. The van der Waals surface area contributed by atoms with Crippen molar-refractivity contribution < 1.29 is 51.4 Å². The zero-order valence-corrected chi connectivity index (χ0v) is 17.3. The predicted octanol–water partition coefficient (Wildman–Crippen LogP) is 0.0416. The monoisotopic (exact) mass is 507 g/mol. The zero-order chi connectivity index (χ0) is 20.0. The molecule has 0 aromatic heterocycles. The second-order valence-corrected chi connectivity index (χ2v) is 4.76. The summed E-state index contributed by atoms with van der Waals surface area (Å²) in [5.74, 6) is 1.72. The van der Waals surface area contributed by atoms with Crippen LogP contribution in [0.1, 0.15) is 6.42 Å². The van der Waals surface area contributed by atoms with E-state index in [0.29, 0.717) is 0 Å². The maximum absolute atomic E-state index is 9.75. The molecule has 0 aliphatic carbocycles. The van der Waals surface area contributed by atoms with E-state index in [9.17, 15) is 17.3 Å². The summed E-state index contributed by atoms with van der Waals surface area (Å²) in [5.41, 5.74) is 17.2. The second kappa shape index (κ2) is 32.9. The number of hydrogen-bond acceptors (Lipinski definition) is 7. The van der Waals surface area contributed by atoms with Crippen LogP contribution in [0.2, 0.25) is 0 Å². The summed E-state index contributed by atoms with van der Waals surface area (Å²) in [6.45, 7) is 6.93. The average molecular weight is 507 g/mol. The molecule has 1 fully saturated rings. The van der Waals surface area contributed by atoms with Gasteiger partial charge in [0.15, 0.2) is 0 Å². The summed E-state index contributed by atoms with van der Waals surface area (Å²) in [6, 6.07) is 0. The van der Waals surface area contributed by atoms with E-state index in [4.69, 9.17) is 56.8 Å². The molecule has 0 N–H and O–H groups in total. The molecule has 4 radical (unpaired) electrons. The van der Waals surface area contributed by atoms with Crippen LogP contribution in [0.15, 0.2) is 0 Å². The van der Waals surface area contributed by atoms with Crippen molar-refractivity contribution in [2.45, 2.75) is 6.42 Å². The Morgan fingerprint density at radius 2 is 0.962 bits per heavy atom. The maximum Gasteiger partial charge on any atom is 3.00 e. The third-order valence-corrected chi connectivity index (χ3v) is 2.86. The van der Waals surface area contributed by atoms with E-state index in [1.807, 2.05) is 0 Å². The molecule has 0 aromatic carbocycles. The smallest absolute Gasteiger partial charge is 0.791 e. The van der Waals surface area contributed by atoms with E-state index in [2.05, 4.69) is 9.80 Å². The van der Waals surface area contributed by atoms with Crippen molar-refractivity contribution in [1.82, 2.24) is 26.6 Å². The van der Waals surface area contributed by atoms with Gasteiger partial charge in [-0.3, -0.25) is 0 Å². The molecule has 0 bridgehead atoms. The Morgan fingerprint density at radius 1 is 0.731 bits per heavy atom. The predicted molar refractivity (Wildman–Crippen MR) is 88.7 cm³/mol. The standard InChI is InChI=1S/C9H20N2S2.BF4.2Fe.3NO/c12-8-6-10-2-1-3-11(5-4-10)7-9-13;2-1(3,4)5;;;3*1-2/h12-13H,1-9H2;;;;;;/q;-1;+2;+3;;;/p-2. The molecule has 0 saturated carbocycles. The van der Waals surface area contributed by atoms with Gasteiger partial charge in [-0.2, -0.15) is 11.5 Å². The van der Waals surface area contributed by atoms with E-state index >= 15 is 0 Å². The van der Waals surface area contributed by atoms with E-state index in [1.54, 1.807) is 0 Å². The van der Waals surface area contributed by atoms with Crippen LogP contribution < -0.4 is 16.8 Å². The third kappa shape index (κ3) is 44.1. The molecular formula is C9H18BF4Fe2N5O3S2+2. The van der Waals surface area contributed by atoms with Crippen LogP contribution in [0.5, 0.6) is 0 Å². The van der Waals surface area contributed by atoms with Gasteiger partial charge in [0.25, 0.3) is 0 Å². The fourth-order valence-electron chi connectivity index (χ4n) is 1.73. The molecule has 26 heavy (non-hydrogen) atoms. The first-order valence-electron chi connectivity index (χ1n) is 6.40. The van der Waals surface area contributed by atoms with Crippen molar-refractivity contribution in [1.29, 1.82) is 0 Å². The molecule has 0 aromatic rings. The van der Waals surface area contributed by atoms with Crippen LogP contribution in [-0.4, -0.2) is 67.8 Å². The van der Waals surface area contributed by atoms with Crippen molar-refractivity contribution in [3.05, 3.63) is 14.7 Å². The van der Waals surface area contributed by atoms with Crippen LogP contribution in [0.3, 0.4) is 0 Å². The maximum atomic E-state index is 9.75. The average Bonchev–Trinajstić information content (AvgIpc) is 2.78. The Labute approximate surface area is 182 Å². The molecule has 1 heterocycles. The summed E-state index contributed by atoms with van der Waals surface area (Å²) in [4.78, 5) is 26.7. The van der Waals surface area contributed by atoms with E-state index in [1.165, 1.54) is 32.6 Å². The molecule has 1 aliphatic rings. The summed E-state index contributed by atoms with van der Waals surface area (Å²) >= 11 is 9.97. The van der Waals surface area contributed by atoms with Crippen LogP contribution in [0.4, 0.5) is 17.3 Å². The molecule has 0 spiro atoms. The summed E-state index contributed by atoms with van der Waals surface area (Å²) in [7, 11) is -6.00. The quantitative estimate of drug-likeness (QED) is 0.299. The third-order valence-electron chi connectivity index (χ3n) is 2.50. The number of nitrogens with zero attached hydrogens (tertiary/aromatic N) is 5. The van der Waals surface area contributed by atoms with Gasteiger partial charge < -0.3 is 52.3 Å².